The lowest BCUT2D eigenvalue weighted by atomic mass is 10.0. The van der Waals surface area contributed by atoms with Crippen molar-refractivity contribution in [3.63, 3.8) is 0 Å². The van der Waals surface area contributed by atoms with E-state index in [0.29, 0.717) is 22.5 Å². The molecule has 0 bridgehead atoms. The lowest BCUT2D eigenvalue weighted by Crippen LogP contribution is -2.13. The zero-order valence-electron chi connectivity index (χ0n) is 12.4. The van der Waals surface area contributed by atoms with Crippen LogP contribution in [0, 0.1) is 10.1 Å². The first kappa shape index (κ1) is 15.3. The predicted molar refractivity (Wildman–Crippen MR) is 88.5 cm³/mol. The normalized spacial score (nSPS) is 10.2. The van der Waals surface area contributed by atoms with Crippen LogP contribution in [0.2, 0.25) is 0 Å². The van der Waals surface area contributed by atoms with Gasteiger partial charge in [0.1, 0.15) is 6.33 Å². The monoisotopic (exact) mass is 320 g/mol. The minimum Gasteiger partial charge on any atom is -0.322 e. The van der Waals surface area contributed by atoms with E-state index in [4.69, 9.17) is 0 Å². The summed E-state index contributed by atoms with van der Waals surface area (Å²) in [6.45, 7) is 0. The maximum atomic E-state index is 12.6. The Labute approximate surface area is 137 Å². The average molecular weight is 320 g/mol. The Bertz CT molecular complexity index is 897. The Morgan fingerprint density at radius 1 is 1.08 bits per heavy atom. The van der Waals surface area contributed by atoms with E-state index in [0.717, 1.165) is 0 Å². The highest BCUT2D eigenvalue weighted by molar-refractivity contribution is 6.08. The fourth-order valence-electron chi connectivity index (χ4n) is 2.25. The molecule has 0 saturated carbocycles. The number of rotatable bonds is 4. The van der Waals surface area contributed by atoms with Gasteiger partial charge in [-0.3, -0.25) is 14.9 Å². The van der Waals surface area contributed by atoms with Crippen LogP contribution >= 0.6 is 0 Å². The van der Waals surface area contributed by atoms with Gasteiger partial charge in [0.05, 0.1) is 10.6 Å². The molecule has 0 spiro atoms. The number of non-ortho nitro benzene ring substituents is 1. The number of benzene rings is 2. The lowest BCUT2D eigenvalue weighted by Gasteiger charge is -2.09. The molecule has 1 heterocycles. The summed E-state index contributed by atoms with van der Waals surface area (Å²) in [5.74, 6) is -0.371. The lowest BCUT2D eigenvalue weighted by molar-refractivity contribution is -0.384. The molecule has 0 aliphatic carbocycles. The van der Waals surface area contributed by atoms with Crippen LogP contribution in [0.3, 0.4) is 0 Å². The Balaban J connectivity index is 1.92. The van der Waals surface area contributed by atoms with Crippen molar-refractivity contribution in [2.24, 2.45) is 0 Å². The van der Waals surface area contributed by atoms with Crippen molar-refractivity contribution in [2.75, 3.05) is 5.32 Å². The van der Waals surface area contributed by atoms with Crippen LogP contribution < -0.4 is 5.32 Å². The summed E-state index contributed by atoms with van der Waals surface area (Å²) < 4.78 is 0. The SMILES string of the molecule is O=C(Nc1cccc([N+](=O)[O-])c1)c1ccccc1-c1ccncn1. The molecule has 7 nitrogen and oxygen atoms in total. The number of nitro groups is 1. The Kier molecular flexibility index (Phi) is 4.24. The highest BCUT2D eigenvalue weighted by Gasteiger charge is 2.14. The fraction of sp³-hybridized carbons (Fsp3) is 0. The number of nitrogens with one attached hydrogen (secondary N) is 1. The van der Waals surface area contributed by atoms with Gasteiger partial charge in [-0.1, -0.05) is 24.3 Å². The highest BCUT2D eigenvalue weighted by atomic mass is 16.6. The van der Waals surface area contributed by atoms with Crippen LogP contribution in [-0.2, 0) is 0 Å². The summed E-state index contributed by atoms with van der Waals surface area (Å²) in [5.41, 5.74) is 1.96. The van der Waals surface area contributed by atoms with Gasteiger partial charge in [-0.25, -0.2) is 9.97 Å². The third-order valence-electron chi connectivity index (χ3n) is 3.34. The van der Waals surface area contributed by atoms with Crippen LogP contribution in [-0.4, -0.2) is 20.8 Å². The Morgan fingerprint density at radius 2 is 1.92 bits per heavy atom. The van der Waals surface area contributed by atoms with Crippen LogP contribution in [0.25, 0.3) is 11.3 Å². The van der Waals surface area contributed by atoms with Crippen molar-refractivity contribution in [1.82, 2.24) is 9.97 Å². The molecule has 0 radical (unpaired) electrons. The number of aromatic nitrogens is 2. The Hall–Kier alpha value is -3.61. The molecular weight excluding hydrogens is 308 g/mol. The van der Waals surface area contributed by atoms with Gasteiger partial charge in [0.25, 0.3) is 11.6 Å². The number of nitro benzene ring substituents is 1. The smallest absolute Gasteiger partial charge is 0.271 e. The first-order valence-electron chi connectivity index (χ1n) is 7.06. The van der Waals surface area contributed by atoms with Crippen LogP contribution in [0.4, 0.5) is 11.4 Å². The second-order valence-corrected chi connectivity index (χ2v) is 4.90. The minimum absolute atomic E-state index is 0.0862. The second-order valence-electron chi connectivity index (χ2n) is 4.90. The summed E-state index contributed by atoms with van der Waals surface area (Å²) >= 11 is 0. The largest absolute Gasteiger partial charge is 0.322 e. The van der Waals surface area contributed by atoms with Crippen molar-refractivity contribution in [3.05, 3.63) is 82.8 Å². The van der Waals surface area contributed by atoms with E-state index in [9.17, 15) is 14.9 Å². The van der Waals surface area contributed by atoms with Crippen molar-refractivity contribution >= 4 is 17.3 Å². The average Bonchev–Trinajstić information content (AvgIpc) is 2.62. The van der Waals surface area contributed by atoms with Gasteiger partial charge >= 0.3 is 0 Å². The molecule has 0 aliphatic heterocycles. The number of hydrogen-bond donors (Lipinski definition) is 1. The summed E-state index contributed by atoms with van der Waals surface area (Å²) in [5, 5.41) is 13.5. The van der Waals surface area contributed by atoms with Crippen molar-refractivity contribution in [2.45, 2.75) is 0 Å². The maximum absolute atomic E-state index is 12.6. The van der Waals surface area contributed by atoms with Gasteiger partial charge in [-0.2, -0.15) is 0 Å². The highest BCUT2D eigenvalue weighted by Crippen LogP contribution is 2.23. The standard InChI is InChI=1S/C17H12N4O3/c22-17(20-12-4-3-5-13(10-12)21(23)24)15-7-2-1-6-14(15)16-8-9-18-11-19-16/h1-11H,(H,20,22). The molecule has 0 atom stereocenters. The second kappa shape index (κ2) is 6.66. The molecule has 0 aliphatic rings. The predicted octanol–water partition coefficient (Wildman–Crippen LogP) is 3.30. The molecule has 1 N–H and O–H groups in total. The molecule has 2 aromatic carbocycles. The summed E-state index contributed by atoms with van der Waals surface area (Å²) in [4.78, 5) is 30.9. The molecule has 3 aromatic rings. The molecule has 1 amide bonds. The van der Waals surface area contributed by atoms with Gasteiger partial charge in [0.2, 0.25) is 0 Å². The molecular formula is C17H12N4O3. The molecule has 0 fully saturated rings. The molecule has 1 aromatic heterocycles. The summed E-state index contributed by atoms with van der Waals surface area (Å²) in [7, 11) is 0. The van der Waals surface area contributed by atoms with Crippen LogP contribution in [0.15, 0.2) is 67.1 Å². The number of anilines is 1. The Morgan fingerprint density at radius 3 is 2.67 bits per heavy atom. The zero-order valence-corrected chi connectivity index (χ0v) is 12.4. The van der Waals surface area contributed by atoms with Crippen molar-refractivity contribution in [1.29, 1.82) is 0 Å². The van der Waals surface area contributed by atoms with E-state index >= 15 is 0 Å². The van der Waals surface area contributed by atoms with E-state index in [1.165, 1.54) is 24.5 Å². The molecule has 7 heteroatoms. The third kappa shape index (κ3) is 3.25. The zero-order chi connectivity index (χ0) is 16.9. The fourth-order valence-corrected chi connectivity index (χ4v) is 2.25. The molecule has 3 rings (SSSR count). The first-order chi connectivity index (χ1) is 11.6. The maximum Gasteiger partial charge on any atom is 0.271 e. The third-order valence-corrected chi connectivity index (χ3v) is 3.34. The van der Waals surface area contributed by atoms with Crippen molar-refractivity contribution in [3.8, 4) is 11.3 Å². The molecule has 0 saturated heterocycles. The number of carbonyl (C=O) groups excluding carboxylic acids is 1. The molecule has 24 heavy (non-hydrogen) atoms. The number of carbonyl (C=O) groups is 1. The van der Waals surface area contributed by atoms with Gasteiger partial charge in [0, 0.05) is 35.1 Å². The van der Waals surface area contributed by atoms with Crippen LogP contribution in [0.5, 0.6) is 0 Å². The molecule has 118 valence electrons. The first-order valence-corrected chi connectivity index (χ1v) is 7.06. The summed E-state index contributed by atoms with van der Waals surface area (Å²) in [6, 6.07) is 14.5. The van der Waals surface area contributed by atoms with Gasteiger partial charge < -0.3 is 5.32 Å². The van der Waals surface area contributed by atoms with Crippen LogP contribution in [0.1, 0.15) is 10.4 Å². The van der Waals surface area contributed by atoms with Crippen molar-refractivity contribution < 1.29 is 9.72 Å². The summed E-state index contributed by atoms with van der Waals surface area (Å²) in [6.07, 6.45) is 3.00. The van der Waals surface area contributed by atoms with E-state index in [1.54, 1.807) is 36.5 Å². The van der Waals surface area contributed by atoms with Gasteiger partial charge in [-0.05, 0) is 18.2 Å². The minimum atomic E-state index is -0.509. The van der Waals surface area contributed by atoms with E-state index in [2.05, 4.69) is 15.3 Å². The van der Waals surface area contributed by atoms with E-state index < -0.39 is 4.92 Å². The number of nitrogens with zero attached hydrogens (tertiary/aromatic N) is 3. The number of hydrogen-bond acceptors (Lipinski definition) is 5. The topological polar surface area (TPSA) is 98.0 Å². The quantitative estimate of drug-likeness (QED) is 0.587. The van der Waals surface area contributed by atoms with E-state index in [-0.39, 0.29) is 11.6 Å². The van der Waals surface area contributed by atoms with E-state index in [1.807, 2.05) is 6.07 Å². The molecule has 0 unspecified atom stereocenters. The number of amides is 1. The van der Waals surface area contributed by atoms with Gasteiger partial charge in [0.15, 0.2) is 0 Å². The van der Waals surface area contributed by atoms with Gasteiger partial charge in [-0.15, -0.1) is 0 Å².